The predicted octanol–water partition coefficient (Wildman–Crippen LogP) is 2.44. The van der Waals surface area contributed by atoms with Gasteiger partial charge in [0.2, 0.25) is 0 Å². The van der Waals surface area contributed by atoms with Crippen LogP contribution in [0.15, 0.2) is 12.1 Å². The number of aliphatic hydroxyl groups excluding tert-OH is 1. The average Bonchev–Trinajstić information content (AvgIpc) is 2.29. The number of carbonyl (C=O) groups is 1. The van der Waals surface area contributed by atoms with Gasteiger partial charge in [0, 0.05) is 16.2 Å². The zero-order chi connectivity index (χ0) is 13.9. The highest BCUT2D eigenvalue weighted by atomic mass is 127. The first-order chi connectivity index (χ1) is 8.38. The summed E-state index contributed by atoms with van der Waals surface area (Å²) in [6.45, 7) is 3.93. The van der Waals surface area contributed by atoms with Crippen LogP contribution in [0.1, 0.15) is 24.2 Å². The molecule has 0 atom stereocenters. The van der Waals surface area contributed by atoms with Gasteiger partial charge < -0.3 is 15.1 Å². The van der Waals surface area contributed by atoms with E-state index in [0.717, 1.165) is 3.57 Å². The molecule has 0 unspecified atom stereocenters. The standard InChI is InChI=1S/C12H15I2NO3/c1-7(2)15(3-4-16)12(18)9-5-8(13)6-10(14)11(9)17/h5-7,16-17H,3-4H2,1-2H3. The Kier molecular flexibility index (Phi) is 6.12. The number of nitrogens with zero attached hydrogens (tertiary/aromatic N) is 1. The lowest BCUT2D eigenvalue weighted by Crippen LogP contribution is -2.39. The molecule has 4 nitrogen and oxygen atoms in total. The number of rotatable bonds is 4. The maximum absolute atomic E-state index is 12.3. The monoisotopic (exact) mass is 475 g/mol. The number of halogens is 2. The topological polar surface area (TPSA) is 60.8 Å². The summed E-state index contributed by atoms with van der Waals surface area (Å²) in [6.07, 6.45) is 0. The SMILES string of the molecule is CC(C)N(CCO)C(=O)c1cc(I)cc(I)c1O. The third-order valence-electron chi connectivity index (χ3n) is 2.48. The molecule has 1 rings (SSSR count). The fraction of sp³-hybridized carbons (Fsp3) is 0.417. The molecule has 0 spiro atoms. The number of aromatic hydroxyl groups is 1. The molecular weight excluding hydrogens is 460 g/mol. The van der Waals surface area contributed by atoms with Crippen LogP contribution in [0.2, 0.25) is 0 Å². The Bertz CT molecular complexity index is 449. The molecule has 0 aromatic heterocycles. The minimum absolute atomic E-state index is 0.00426. The lowest BCUT2D eigenvalue weighted by atomic mass is 10.1. The first kappa shape index (κ1) is 16.0. The van der Waals surface area contributed by atoms with Gasteiger partial charge in [0.25, 0.3) is 5.91 Å². The maximum Gasteiger partial charge on any atom is 0.257 e. The van der Waals surface area contributed by atoms with E-state index in [9.17, 15) is 9.90 Å². The molecule has 1 amide bonds. The number of carbonyl (C=O) groups excluding carboxylic acids is 1. The molecule has 6 heteroatoms. The second-order valence-corrected chi connectivity index (χ2v) is 6.51. The Morgan fingerprint density at radius 2 is 2.00 bits per heavy atom. The summed E-state index contributed by atoms with van der Waals surface area (Å²) in [5.74, 6) is -0.252. The van der Waals surface area contributed by atoms with E-state index >= 15 is 0 Å². The van der Waals surface area contributed by atoms with Crippen LogP contribution in [0.5, 0.6) is 5.75 Å². The van der Waals surface area contributed by atoms with Crippen molar-refractivity contribution >= 4 is 51.1 Å². The average molecular weight is 475 g/mol. The van der Waals surface area contributed by atoms with Gasteiger partial charge >= 0.3 is 0 Å². The molecule has 18 heavy (non-hydrogen) atoms. The third kappa shape index (κ3) is 3.70. The number of phenolic OH excluding ortho intramolecular Hbond substituents is 1. The number of phenols is 1. The summed E-state index contributed by atoms with van der Waals surface area (Å²) < 4.78 is 1.54. The molecule has 0 bridgehead atoms. The van der Waals surface area contributed by atoms with Crippen LogP contribution in [0.25, 0.3) is 0 Å². The van der Waals surface area contributed by atoms with Gasteiger partial charge in [-0.2, -0.15) is 0 Å². The zero-order valence-corrected chi connectivity index (χ0v) is 14.5. The highest BCUT2D eigenvalue weighted by molar-refractivity contribution is 14.1. The summed E-state index contributed by atoms with van der Waals surface area (Å²) in [6, 6.07) is 3.44. The van der Waals surface area contributed by atoms with Crippen LogP contribution < -0.4 is 0 Å². The van der Waals surface area contributed by atoms with E-state index in [1.54, 1.807) is 17.0 Å². The van der Waals surface area contributed by atoms with Gasteiger partial charge in [-0.3, -0.25) is 4.79 Å². The minimum Gasteiger partial charge on any atom is -0.506 e. The Hall–Kier alpha value is -0.0900. The van der Waals surface area contributed by atoms with Crippen molar-refractivity contribution in [2.75, 3.05) is 13.2 Å². The highest BCUT2D eigenvalue weighted by Gasteiger charge is 2.22. The molecule has 0 heterocycles. The Morgan fingerprint density at radius 3 is 2.50 bits per heavy atom. The molecule has 0 fully saturated rings. The summed E-state index contributed by atoms with van der Waals surface area (Å²) in [5, 5.41) is 19.0. The molecule has 1 aromatic rings. The van der Waals surface area contributed by atoms with E-state index in [-0.39, 0.29) is 36.4 Å². The van der Waals surface area contributed by atoms with Crippen LogP contribution in [0, 0.1) is 7.14 Å². The zero-order valence-electron chi connectivity index (χ0n) is 10.2. The van der Waals surface area contributed by atoms with Crippen molar-refractivity contribution in [2.45, 2.75) is 19.9 Å². The maximum atomic E-state index is 12.3. The van der Waals surface area contributed by atoms with Crippen molar-refractivity contribution in [1.82, 2.24) is 4.90 Å². The number of hydrogen-bond donors (Lipinski definition) is 2. The van der Waals surface area contributed by atoms with Crippen molar-refractivity contribution in [2.24, 2.45) is 0 Å². The summed E-state index contributed by atoms with van der Waals surface area (Å²) >= 11 is 4.10. The highest BCUT2D eigenvalue weighted by Crippen LogP contribution is 2.28. The fourth-order valence-electron chi connectivity index (χ4n) is 1.59. The van der Waals surface area contributed by atoms with Gasteiger partial charge in [0.15, 0.2) is 0 Å². The molecule has 2 N–H and O–H groups in total. The Morgan fingerprint density at radius 1 is 1.39 bits per heavy atom. The van der Waals surface area contributed by atoms with Crippen LogP contribution in [-0.4, -0.2) is 40.2 Å². The molecule has 100 valence electrons. The quantitative estimate of drug-likeness (QED) is 0.659. The summed E-state index contributed by atoms with van der Waals surface area (Å²) in [4.78, 5) is 13.9. The van der Waals surface area contributed by atoms with E-state index in [2.05, 4.69) is 22.6 Å². The molecule has 0 saturated heterocycles. The number of hydrogen-bond acceptors (Lipinski definition) is 3. The summed E-state index contributed by atoms with van der Waals surface area (Å²) in [5.41, 5.74) is 0.286. The van der Waals surface area contributed by atoms with Crippen molar-refractivity contribution in [1.29, 1.82) is 0 Å². The number of benzene rings is 1. The molecule has 0 aliphatic carbocycles. The first-order valence-electron chi connectivity index (χ1n) is 5.48. The largest absolute Gasteiger partial charge is 0.506 e. The van der Waals surface area contributed by atoms with Crippen LogP contribution in [0.4, 0.5) is 0 Å². The Balaban J connectivity index is 3.16. The van der Waals surface area contributed by atoms with E-state index in [0.29, 0.717) is 3.57 Å². The smallest absolute Gasteiger partial charge is 0.257 e. The second-order valence-electron chi connectivity index (χ2n) is 4.10. The van der Waals surface area contributed by atoms with Crippen LogP contribution in [0.3, 0.4) is 0 Å². The molecule has 1 aromatic carbocycles. The Labute approximate surface area is 134 Å². The minimum atomic E-state index is -0.256. The second kappa shape index (κ2) is 6.90. The normalized spacial score (nSPS) is 10.8. The summed E-state index contributed by atoms with van der Waals surface area (Å²) in [7, 11) is 0. The van der Waals surface area contributed by atoms with E-state index in [1.165, 1.54) is 0 Å². The van der Waals surface area contributed by atoms with Crippen molar-refractivity contribution in [3.8, 4) is 5.75 Å². The third-order valence-corrected chi connectivity index (χ3v) is 3.93. The molecule has 0 saturated carbocycles. The molecule has 0 radical (unpaired) electrons. The lowest BCUT2D eigenvalue weighted by molar-refractivity contribution is 0.0662. The molecule has 0 aliphatic rings. The lowest BCUT2D eigenvalue weighted by Gasteiger charge is -2.26. The predicted molar refractivity (Wildman–Crippen MR) is 86.8 cm³/mol. The molecular formula is C12H15I2NO3. The number of amides is 1. The van der Waals surface area contributed by atoms with Crippen molar-refractivity contribution < 1.29 is 15.0 Å². The van der Waals surface area contributed by atoms with Gasteiger partial charge in [-0.1, -0.05) is 0 Å². The van der Waals surface area contributed by atoms with Gasteiger partial charge in [-0.05, 0) is 71.2 Å². The van der Waals surface area contributed by atoms with Crippen LogP contribution in [-0.2, 0) is 0 Å². The van der Waals surface area contributed by atoms with Gasteiger partial charge in [0.1, 0.15) is 5.75 Å². The van der Waals surface area contributed by atoms with Gasteiger partial charge in [-0.15, -0.1) is 0 Å². The van der Waals surface area contributed by atoms with Crippen molar-refractivity contribution in [3.63, 3.8) is 0 Å². The van der Waals surface area contributed by atoms with E-state index < -0.39 is 0 Å². The van der Waals surface area contributed by atoms with Crippen LogP contribution >= 0.6 is 45.2 Å². The van der Waals surface area contributed by atoms with E-state index in [4.69, 9.17) is 5.11 Å². The number of aliphatic hydroxyl groups is 1. The van der Waals surface area contributed by atoms with E-state index in [1.807, 2.05) is 36.4 Å². The fourth-order valence-corrected chi connectivity index (χ4v) is 3.43. The van der Waals surface area contributed by atoms with Gasteiger partial charge in [0.05, 0.1) is 15.7 Å². The van der Waals surface area contributed by atoms with Crippen molar-refractivity contribution in [3.05, 3.63) is 24.8 Å². The molecule has 0 aliphatic heterocycles. The first-order valence-corrected chi connectivity index (χ1v) is 7.64. The van der Waals surface area contributed by atoms with Gasteiger partial charge in [-0.25, -0.2) is 0 Å².